The molecule has 3 aromatic rings. The summed E-state index contributed by atoms with van der Waals surface area (Å²) in [6.07, 6.45) is -0.836. The van der Waals surface area contributed by atoms with Gasteiger partial charge >= 0.3 is 5.97 Å². The van der Waals surface area contributed by atoms with Crippen LogP contribution in [0.4, 0.5) is 0 Å². The summed E-state index contributed by atoms with van der Waals surface area (Å²) in [4.78, 5) is 12.5. The lowest BCUT2D eigenvalue weighted by molar-refractivity contribution is -0.141. The zero-order valence-electron chi connectivity index (χ0n) is 14.0. The number of hydrogen-bond donors (Lipinski definition) is 0. The second kappa shape index (κ2) is 8.26. The minimum atomic E-state index is -0.836. The highest BCUT2D eigenvalue weighted by Crippen LogP contribution is 2.31. The minimum Gasteiger partial charge on any atom is -0.477 e. The number of hydrogen-bond acceptors (Lipinski definition) is 3. The monoisotopic (exact) mass is 386 g/mol. The van der Waals surface area contributed by atoms with Gasteiger partial charge in [-0.1, -0.05) is 71.7 Å². The molecule has 0 N–H and O–H groups in total. The molecule has 1 unspecified atom stereocenters. The second-order valence-corrected chi connectivity index (χ2v) is 6.46. The molecule has 0 aliphatic rings. The quantitative estimate of drug-likeness (QED) is 0.396. The van der Waals surface area contributed by atoms with E-state index < -0.39 is 12.1 Å². The first-order valence-corrected chi connectivity index (χ1v) is 8.78. The molecule has 132 valence electrons. The van der Waals surface area contributed by atoms with Gasteiger partial charge in [-0.05, 0) is 36.8 Å². The molecule has 0 aliphatic carbocycles. The number of halogens is 2. The number of rotatable bonds is 5. The maximum Gasteiger partial charge on any atom is 0.352 e. The number of para-hydroxylation sites is 1. The van der Waals surface area contributed by atoms with Crippen molar-refractivity contribution in [2.45, 2.75) is 13.0 Å². The number of benzene rings is 3. The van der Waals surface area contributed by atoms with Crippen molar-refractivity contribution in [2.24, 2.45) is 0 Å². The largest absolute Gasteiger partial charge is 0.477 e. The lowest BCUT2D eigenvalue weighted by Gasteiger charge is -2.16. The van der Waals surface area contributed by atoms with Gasteiger partial charge in [0, 0.05) is 10.6 Å². The molecule has 0 heterocycles. The fourth-order valence-corrected chi connectivity index (χ4v) is 2.87. The van der Waals surface area contributed by atoms with Crippen molar-refractivity contribution in [3.05, 3.63) is 82.8 Å². The summed E-state index contributed by atoms with van der Waals surface area (Å²) >= 11 is 11.9. The molecule has 0 saturated heterocycles. The van der Waals surface area contributed by atoms with Crippen molar-refractivity contribution in [2.75, 3.05) is 0 Å². The fourth-order valence-electron chi connectivity index (χ4n) is 2.41. The zero-order chi connectivity index (χ0) is 18.5. The van der Waals surface area contributed by atoms with E-state index in [9.17, 15) is 4.79 Å². The molecule has 3 aromatic carbocycles. The van der Waals surface area contributed by atoms with Crippen molar-refractivity contribution in [1.29, 1.82) is 0 Å². The highest BCUT2D eigenvalue weighted by atomic mass is 35.5. The van der Waals surface area contributed by atoms with E-state index in [2.05, 4.69) is 0 Å². The van der Waals surface area contributed by atoms with Crippen LogP contribution < -0.4 is 9.47 Å². The topological polar surface area (TPSA) is 35.5 Å². The summed E-state index contributed by atoms with van der Waals surface area (Å²) in [7, 11) is 0. The second-order valence-electron chi connectivity index (χ2n) is 5.62. The number of ether oxygens (including phenoxy) is 2. The molecule has 3 rings (SSSR count). The predicted molar refractivity (Wildman–Crippen MR) is 104 cm³/mol. The Bertz CT molecular complexity index is 910. The van der Waals surface area contributed by atoms with Crippen LogP contribution in [0.2, 0.25) is 10.0 Å². The van der Waals surface area contributed by atoms with Crippen LogP contribution in [0.15, 0.2) is 72.8 Å². The summed E-state index contributed by atoms with van der Waals surface area (Å²) in [5.41, 5.74) is 1.79. The van der Waals surface area contributed by atoms with E-state index in [0.29, 0.717) is 21.5 Å². The van der Waals surface area contributed by atoms with Gasteiger partial charge in [0.1, 0.15) is 11.5 Å². The van der Waals surface area contributed by atoms with E-state index >= 15 is 0 Å². The molecule has 0 saturated carbocycles. The molecule has 0 aromatic heterocycles. The lowest BCUT2D eigenvalue weighted by Crippen LogP contribution is -2.28. The predicted octanol–water partition coefficient (Wildman–Crippen LogP) is 6.03. The molecule has 0 fully saturated rings. The Hall–Kier alpha value is -2.49. The molecule has 0 aliphatic heterocycles. The first-order valence-electron chi connectivity index (χ1n) is 8.02. The van der Waals surface area contributed by atoms with E-state index in [1.54, 1.807) is 31.2 Å². The first-order chi connectivity index (χ1) is 12.5. The highest BCUT2D eigenvalue weighted by Gasteiger charge is 2.20. The Kier molecular flexibility index (Phi) is 5.82. The van der Waals surface area contributed by atoms with Gasteiger partial charge in [0.25, 0.3) is 0 Å². The van der Waals surface area contributed by atoms with Crippen LogP contribution in [0.25, 0.3) is 11.1 Å². The number of carbonyl (C=O) groups is 1. The van der Waals surface area contributed by atoms with Crippen LogP contribution >= 0.6 is 23.2 Å². The van der Waals surface area contributed by atoms with E-state index in [1.165, 1.54) is 0 Å². The smallest absolute Gasteiger partial charge is 0.352 e. The SMILES string of the molecule is CC(Oc1ccc(Cl)cc1Cl)C(=O)Oc1ccccc1-c1ccccc1. The molecular weight excluding hydrogens is 371 g/mol. The Balaban J connectivity index is 1.76. The fraction of sp³-hybridized carbons (Fsp3) is 0.0952. The van der Waals surface area contributed by atoms with Crippen molar-refractivity contribution >= 4 is 29.2 Å². The van der Waals surface area contributed by atoms with Crippen molar-refractivity contribution < 1.29 is 14.3 Å². The van der Waals surface area contributed by atoms with Gasteiger partial charge in [0.15, 0.2) is 6.10 Å². The Labute approximate surface area is 162 Å². The molecule has 1 atom stereocenters. The van der Waals surface area contributed by atoms with Crippen molar-refractivity contribution in [3.63, 3.8) is 0 Å². The molecule has 5 heteroatoms. The number of esters is 1. The zero-order valence-corrected chi connectivity index (χ0v) is 15.5. The molecule has 0 spiro atoms. The first kappa shape index (κ1) is 18.3. The van der Waals surface area contributed by atoms with Crippen LogP contribution in [0.1, 0.15) is 6.92 Å². The van der Waals surface area contributed by atoms with Gasteiger partial charge < -0.3 is 9.47 Å². The number of carbonyl (C=O) groups excluding carboxylic acids is 1. The summed E-state index contributed by atoms with van der Waals surface area (Å²) < 4.78 is 11.2. The van der Waals surface area contributed by atoms with Crippen LogP contribution in [0, 0.1) is 0 Å². The average molecular weight is 387 g/mol. The molecule has 26 heavy (non-hydrogen) atoms. The Morgan fingerprint density at radius 2 is 1.58 bits per heavy atom. The maximum atomic E-state index is 12.5. The average Bonchev–Trinajstić information content (AvgIpc) is 2.65. The van der Waals surface area contributed by atoms with Crippen LogP contribution in [-0.4, -0.2) is 12.1 Å². The van der Waals surface area contributed by atoms with Gasteiger partial charge in [-0.3, -0.25) is 0 Å². The van der Waals surface area contributed by atoms with Gasteiger partial charge in [-0.2, -0.15) is 0 Å². The van der Waals surface area contributed by atoms with Crippen LogP contribution in [0.5, 0.6) is 11.5 Å². The van der Waals surface area contributed by atoms with E-state index in [0.717, 1.165) is 11.1 Å². The van der Waals surface area contributed by atoms with Gasteiger partial charge in [0.2, 0.25) is 0 Å². The summed E-state index contributed by atoms with van der Waals surface area (Å²) in [6.45, 7) is 1.61. The summed E-state index contributed by atoms with van der Waals surface area (Å²) in [5, 5.41) is 0.830. The third kappa shape index (κ3) is 4.37. The summed E-state index contributed by atoms with van der Waals surface area (Å²) in [5.74, 6) is 0.331. The molecule has 3 nitrogen and oxygen atoms in total. The normalized spacial score (nSPS) is 11.7. The Morgan fingerprint density at radius 3 is 2.31 bits per heavy atom. The molecule has 0 bridgehead atoms. The van der Waals surface area contributed by atoms with Crippen molar-refractivity contribution in [1.82, 2.24) is 0 Å². The third-order valence-electron chi connectivity index (χ3n) is 3.71. The van der Waals surface area contributed by atoms with Crippen molar-refractivity contribution in [3.8, 4) is 22.6 Å². The van der Waals surface area contributed by atoms with Crippen LogP contribution in [-0.2, 0) is 4.79 Å². The maximum absolute atomic E-state index is 12.5. The third-order valence-corrected chi connectivity index (χ3v) is 4.24. The molecule has 0 amide bonds. The lowest BCUT2D eigenvalue weighted by atomic mass is 10.1. The van der Waals surface area contributed by atoms with Crippen LogP contribution in [0.3, 0.4) is 0 Å². The highest BCUT2D eigenvalue weighted by molar-refractivity contribution is 6.35. The van der Waals surface area contributed by atoms with Gasteiger partial charge in [-0.15, -0.1) is 0 Å². The Morgan fingerprint density at radius 1 is 0.885 bits per heavy atom. The minimum absolute atomic E-state index is 0.335. The molecule has 0 radical (unpaired) electrons. The van der Waals surface area contributed by atoms with E-state index in [-0.39, 0.29) is 0 Å². The summed E-state index contributed by atoms with van der Waals surface area (Å²) in [6, 6.07) is 21.9. The van der Waals surface area contributed by atoms with E-state index in [4.69, 9.17) is 32.7 Å². The van der Waals surface area contributed by atoms with E-state index in [1.807, 2.05) is 48.5 Å². The molecular formula is C21H16Cl2O3. The standard InChI is InChI=1S/C21H16Cl2O3/c1-14(25-20-12-11-16(22)13-18(20)23)21(24)26-19-10-6-5-9-17(19)15-7-3-2-4-8-15/h2-14H,1H3. The van der Waals surface area contributed by atoms with Gasteiger partial charge in [0.05, 0.1) is 5.02 Å². The van der Waals surface area contributed by atoms with Gasteiger partial charge in [-0.25, -0.2) is 4.79 Å².